The van der Waals surface area contributed by atoms with Gasteiger partial charge in [0.2, 0.25) is 0 Å². The Kier molecular flexibility index (Phi) is 3.13. The average Bonchev–Trinajstić information content (AvgIpc) is 2.88. The van der Waals surface area contributed by atoms with Crippen molar-refractivity contribution in [2.24, 2.45) is 0 Å². The molecule has 3 aromatic rings. The summed E-state index contributed by atoms with van der Waals surface area (Å²) in [6.45, 7) is 2.94. The van der Waals surface area contributed by atoms with Gasteiger partial charge in [-0.1, -0.05) is 24.3 Å². The quantitative estimate of drug-likeness (QED) is 0.724. The second-order valence-electron chi connectivity index (χ2n) is 6.93. The van der Waals surface area contributed by atoms with Crippen LogP contribution in [0.3, 0.4) is 0 Å². The zero-order valence-corrected chi connectivity index (χ0v) is 13.8. The van der Waals surface area contributed by atoms with Gasteiger partial charge >= 0.3 is 0 Å². The Hall–Kier alpha value is -2.33. The van der Waals surface area contributed by atoms with Crippen LogP contribution in [0.1, 0.15) is 41.5 Å². The van der Waals surface area contributed by atoms with Gasteiger partial charge in [-0.3, -0.25) is 9.88 Å². The summed E-state index contributed by atoms with van der Waals surface area (Å²) >= 11 is 0. The van der Waals surface area contributed by atoms with Crippen molar-refractivity contribution in [3.63, 3.8) is 0 Å². The average molecular weight is 316 g/mol. The van der Waals surface area contributed by atoms with E-state index in [1.54, 1.807) is 0 Å². The standard InChI is InChI=1S/C20H20N4/c1-13-22-11-17-18(23-13)10-16-7-8-19(17)24(16)12-15-5-2-4-14-6-3-9-21-20(14)15/h2-6,9,11,16,19H,7-8,10,12H2,1H3. The first-order chi connectivity index (χ1) is 11.8. The second kappa shape index (κ2) is 5.35. The lowest BCUT2D eigenvalue weighted by atomic mass is 9.98. The second-order valence-corrected chi connectivity index (χ2v) is 6.93. The normalized spacial score (nSPS) is 22.7. The smallest absolute Gasteiger partial charge is 0.125 e. The Labute approximate surface area is 141 Å². The molecule has 5 rings (SSSR count). The summed E-state index contributed by atoms with van der Waals surface area (Å²) in [5.74, 6) is 0.889. The first-order valence-corrected chi connectivity index (χ1v) is 8.70. The van der Waals surface area contributed by atoms with Crippen LogP contribution in [0.15, 0.2) is 42.7 Å². The maximum absolute atomic E-state index is 4.70. The molecule has 0 aliphatic carbocycles. The minimum Gasteiger partial charge on any atom is -0.289 e. The van der Waals surface area contributed by atoms with Gasteiger partial charge in [0.1, 0.15) is 5.82 Å². The molecule has 0 saturated carbocycles. The lowest BCUT2D eigenvalue weighted by Crippen LogP contribution is -2.37. The highest BCUT2D eigenvalue weighted by atomic mass is 15.2. The van der Waals surface area contributed by atoms with E-state index < -0.39 is 0 Å². The predicted octanol–water partition coefficient (Wildman–Crippen LogP) is 3.60. The maximum Gasteiger partial charge on any atom is 0.125 e. The minimum absolute atomic E-state index is 0.457. The van der Waals surface area contributed by atoms with Crippen LogP contribution >= 0.6 is 0 Å². The maximum atomic E-state index is 4.70. The molecule has 2 aliphatic heterocycles. The molecular formula is C20H20N4. The van der Waals surface area contributed by atoms with Crippen molar-refractivity contribution in [3.05, 3.63) is 65.4 Å². The van der Waals surface area contributed by atoms with Gasteiger partial charge in [-0.2, -0.15) is 0 Å². The largest absolute Gasteiger partial charge is 0.289 e. The van der Waals surface area contributed by atoms with Crippen molar-refractivity contribution in [2.75, 3.05) is 0 Å². The number of rotatable bonds is 2. The highest BCUT2D eigenvalue weighted by molar-refractivity contribution is 5.81. The van der Waals surface area contributed by atoms with Crippen LogP contribution in [-0.2, 0) is 13.0 Å². The molecule has 0 amide bonds. The van der Waals surface area contributed by atoms with E-state index in [-0.39, 0.29) is 0 Å². The van der Waals surface area contributed by atoms with E-state index in [0.717, 1.165) is 24.3 Å². The van der Waals surface area contributed by atoms with E-state index in [1.807, 2.05) is 19.2 Å². The van der Waals surface area contributed by atoms with Gasteiger partial charge < -0.3 is 0 Å². The van der Waals surface area contributed by atoms with E-state index >= 15 is 0 Å². The lowest BCUT2D eigenvalue weighted by Gasteiger charge is -2.35. The van der Waals surface area contributed by atoms with Crippen LogP contribution in [0.4, 0.5) is 0 Å². The number of aromatic nitrogens is 3. The van der Waals surface area contributed by atoms with E-state index in [9.17, 15) is 0 Å². The zero-order valence-electron chi connectivity index (χ0n) is 13.8. The number of benzene rings is 1. The lowest BCUT2D eigenvalue weighted by molar-refractivity contribution is 0.166. The SMILES string of the molecule is Cc1ncc2c(n1)CC1CCC2N1Cc1cccc2cccnc12. The number of nitrogens with zero attached hydrogens (tertiary/aromatic N) is 4. The molecule has 120 valence electrons. The Bertz CT molecular complexity index is 915. The first-order valence-electron chi connectivity index (χ1n) is 8.70. The Balaban J connectivity index is 1.53. The van der Waals surface area contributed by atoms with Gasteiger partial charge in [-0.15, -0.1) is 0 Å². The molecule has 1 aromatic carbocycles. The summed E-state index contributed by atoms with van der Waals surface area (Å²) in [7, 11) is 0. The van der Waals surface area contributed by atoms with Crippen molar-refractivity contribution in [1.82, 2.24) is 19.9 Å². The molecule has 0 radical (unpaired) electrons. The number of pyridine rings is 1. The van der Waals surface area contributed by atoms with E-state index in [2.05, 4.69) is 45.3 Å². The van der Waals surface area contributed by atoms with Crippen molar-refractivity contribution < 1.29 is 0 Å². The van der Waals surface area contributed by atoms with E-state index in [1.165, 1.54) is 35.0 Å². The summed E-state index contributed by atoms with van der Waals surface area (Å²) < 4.78 is 0. The minimum atomic E-state index is 0.457. The molecular weight excluding hydrogens is 296 g/mol. The van der Waals surface area contributed by atoms with E-state index in [0.29, 0.717) is 12.1 Å². The number of hydrogen-bond acceptors (Lipinski definition) is 4. The topological polar surface area (TPSA) is 41.9 Å². The highest BCUT2D eigenvalue weighted by Crippen LogP contribution is 2.43. The molecule has 2 aromatic heterocycles. The van der Waals surface area contributed by atoms with Crippen molar-refractivity contribution in [2.45, 2.75) is 44.8 Å². The number of hydrogen-bond donors (Lipinski definition) is 0. The molecule has 2 unspecified atom stereocenters. The summed E-state index contributed by atoms with van der Waals surface area (Å²) in [5, 5.41) is 1.22. The van der Waals surface area contributed by atoms with Crippen LogP contribution in [0.25, 0.3) is 10.9 Å². The summed E-state index contributed by atoms with van der Waals surface area (Å²) in [4.78, 5) is 16.4. The molecule has 1 fully saturated rings. The van der Waals surface area contributed by atoms with Crippen LogP contribution in [-0.4, -0.2) is 25.9 Å². The third kappa shape index (κ3) is 2.13. The Morgan fingerprint density at radius 1 is 1.12 bits per heavy atom. The molecule has 2 bridgehead atoms. The Morgan fingerprint density at radius 2 is 2.04 bits per heavy atom. The van der Waals surface area contributed by atoms with Crippen molar-refractivity contribution in [3.8, 4) is 0 Å². The molecule has 24 heavy (non-hydrogen) atoms. The first kappa shape index (κ1) is 14.1. The summed E-state index contributed by atoms with van der Waals surface area (Å²) in [6, 6.07) is 11.7. The molecule has 4 heteroatoms. The number of fused-ring (bicyclic) bond motifs is 5. The fourth-order valence-electron chi connectivity index (χ4n) is 4.41. The fourth-order valence-corrected chi connectivity index (χ4v) is 4.41. The highest BCUT2D eigenvalue weighted by Gasteiger charge is 2.40. The van der Waals surface area contributed by atoms with Gasteiger partial charge in [0.05, 0.1) is 11.2 Å². The van der Waals surface area contributed by atoms with Gasteiger partial charge in [-0.25, -0.2) is 9.97 Å². The molecule has 4 heterocycles. The van der Waals surface area contributed by atoms with Crippen LogP contribution in [0.5, 0.6) is 0 Å². The molecule has 0 spiro atoms. The van der Waals surface area contributed by atoms with Crippen LogP contribution in [0.2, 0.25) is 0 Å². The van der Waals surface area contributed by atoms with Gasteiger partial charge in [-0.05, 0) is 31.4 Å². The van der Waals surface area contributed by atoms with Gasteiger partial charge in [0.25, 0.3) is 0 Å². The van der Waals surface area contributed by atoms with Crippen LogP contribution < -0.4 is 0 Å². The number of aryl methyl sites for hydroxylation is 1. The monoisotopic (exact) mass is 316 g/mol. The van der Waals surface area contributed by atoms with E-state index in [4.69, 9.17) is 4.98 Å². The van der Waals surface area contributed by atoms with Gasteiger partial charge in [0.15, 0.2) is 0 Å². The molecule has 4 nitrogen and oxygen atoms in total. The van der Waals surface area contributed by atoms with Crippen LogP contribution in [0, 0.1) is 6.92 Å². The van der Waals surface area contributed by atoms with Gasteiger partial charge in [0, 0.05) is 48.4 Å². The molecule has 1 saturated heterocycles. The Morgan fingerprint density at radius 3 is 3.00 bits per heavy atom. The summed E-state index contributed by atoms with van der Waals surface area (Å²) in [5.41, 5.74) is 5.05. The molecule has 2 atom stereocenters. The third-order valence-electron chi connectivity index (χ3n) is 5.52. The summed E-state index contributed by atoms with van der Waals surface area (Å²) in [6.07, 6.45) is 7.45. The third-order valence-corrected chi connectivity index (χ3v) is 5.52. The van der Waals surface area contributed by atoms with Crippen molar-refractivity contribution in [1.29, 1.82) is 0 Å². The zero-order chi connectivity index (χ0) is 16.1. The molecule has 0 N–H and O–H groups in total. The fraction of sp³-hybridized carbons (Fsp3) is 0.350. The molecule has 2 aliphatic rings. The predicted molar refractivity (Wildman–Crippen MR) is 93.5 cm³/mol. The number of para-hydroxylation sites is 1. The van der Waals surface area contributed by atoms with Crippen molar-refractivity contribution >= 4 is 10.9 Å².